The Morgan fingerprint density at radius 2 is 1.83 bits per heavy atom. The normalized spacial score (nSPS) is 12.9. The van der Waals surface area contributed by atoms with Gasteiger partial charge in [0.15, 0.2) is 0 Å². The smallest absolute Gasteiger partial charge is 0.310 e. The van der Waals surface area contributed by atoms with E-state index < -0.39 is 0 Å². The van der Waals surface area contributed by atoms with Crippen LogP contribution in [0.1, 0.15) is 29.7 Å². The van der Waals surface area contributed by atoms with Gasteiger partial charge in [0.05, 0.1) is 24.7 Å². The molecule has 0 radical (unpaired) electrons. The van der Waals surface area contributed by atoms with E-state index in [1.165, 1.54) is 7.11 Å². The van der Waals surface area contributed by atoms with Crippen molar-refractivity contribution in [2.24, 2.45) is 5.92 Å². The first-order valence-electron chi connectivity index (χ1n) is 7.51. The van der Waals surface area contributed by atoms with Crippen LogP contribution in [-0.4, -0.2) is 13.1 Å². The molecule has 0 aromatic heterocycles. The van der Waals surface area contributed by atoms with E-state index >= 15 is 0 Å². The lowest BCUT2D eigenvalue weighted by Crippen LogP contribution is -2.31. The molecule has 0 amide bonds. The number of esters is 1. The molecule has 2 atom stereocenters. The summed E-state index contributed by atoms with van der Waals surface area (Å²) in [6, 6.07) is 19.2. The first-order chi connectivity index (χ1) is 11.2. The summed E-state index contributed by atoms with van der Waals surface area (Å²) in [6.07, 6.45) is 0. The lowest BCUT2D eigenvalue weighted by atomic mass is 9.94. The van der Waals surface area contributed by atoms with Gasteiger partial charge < -0.3 is 10.1 Å². The SMILES string of the molecule is COC(=O)[C@@H](C)[C@@H](NCc1ccc(C#N)cc1)c1ccccc1. The van der Waals surface area contributed by atoms with Crippen LogP contribution in [0.2, 0.25) is 0 Å². The molecule has 0 bridgehead atoms. The summed E-state index contributed by atoms with van der Waals surface area (Å²) in [5, 5.41) is 12.3. The van der Waals surface area contributed by atoms with Crippen molar-refractivity contribution in [3.8, 4) is 6.07 Å². The van der Waals surface area contributed by atoms with Crippen molar-refractivity contribution < 1.29 is 9.53 Å². The van der Waals surface area contributed by atoms with Crippen LogP contribution in [0.5, 0.6) is 0 Å². The van der Waals surface area contributed by atoms with Crippen molar-refractivity contribution >= 4 is 5.97 Å². The molecular formula is C19H20N2O2. The summed E-state index contributed by atoms with van der Waals surface area (Å²) in [5.74, 6) is -0.549. The molecule has 0 saturated carbocycles. The van der Waals surface area contributed by atoms with Crippen molar-refractivity contribution in [3.05, 3.63) is 71.3 Å². The first-order valence-corrected chi connectivity index (χ1v) is 7.51. The molecule has 4 nitrogen and oxygen atoms in total. The van der Waals surface area contributed by atoms with E-state index in [4.69, 9.17) is 10.00 Å². The third kappa shape index (κ3) is 4.41. The van der Waals surface area contributed by atoms with E-state index in [2.05, 4.69) is 11.4 Å². The molecule has 0 aliphatic rings. The third-order valence-electron chi connectivity index (χ3n) is 3.84. The van der Waals surface area contributed by atoms with Crippen LogP contribution in [0.15, 0.2) is 54.6 Å². The number of carbonyl (C=O) groups is 1. The third-order valence-corrected chi connectivity index (χ3v) is 3.84. The minimum atomic E-state index is -0.305. The van der Waals surface area contributed by atoms with Crippen LogP contribution < -0.4 is 5.32 Å². The summed E-state index contributed by atoms with van der Waals surface area (Å²) in [5.41, 5.74) is 2.73. The van der Waals surface area contributed by atoms with Gasteiger partial charge in [-0.2, -0.15) is 5.26 Å². The van der Waals surface area contributed by atoms with Gasteiger partial charge in [0.2, 0.25) is 0 Å². The largest absolute Gasteiger partial charge is 0.469 e. The highest BCUT2D eigenvalue weighted by atomic mass is 16.5. The maximum Gasteiger partial charge on any atom is 0.310 e. The zero-order chi connectivity index (χ0) is 16.7. The van der Waals surface area contributed by atoms with E-state index in [9.17, 15) is 4.79 Å². The van der Waals surface area contributed by atoms with Gasteiger partial charge in [-0.3, -0.25) is 4.79 Å². The summed E-state index contributed by atoms with van der Waals surface area (Å²) >= 11 is 0. The lowest BCUT2D eigenvalue weighted by molar-refractivity contribution is -0.145. The van der Waals surface area contributed by atoms with Crippen molar-refractivity contribution in [2.75, 3.05) is 7.11 Å². The fourth-order valence-electron chi connectivity index (χ4n) is 2.49. The van der Waals surface area contributed by atoms with E-state index in [0.717, 1.165) is 11.1 Å². The molecule has 0 fully saturated rings. The van der Waals surface area contributed by atoms with Gasteiger partial charge in [0.25, 0.3) is 0 Å². The van der Waals surface area contributed by atoms with Gasteiger partial charge >= 0.3 is 5.97 Å². The van der Waals surface area contributed by atoms with Crippen LogP contribution in [0.25, 0.3) is 0 Å². The van der Waals surface area contributed by atoms with Gasteiger partial charge in [-0.25, -0.2) is 0 Å². The fraction of sp³-hybridized carbons (Fsp3) is 0.263. The number of nitrogens with zero attached hydrogens (tertiary/aromatic N) is 1. The molecule has 0 heterocycles. The monoisotopic (exact) mass is 308 g/mol. The van der Waals surface area contributed by atoms with Crippen LogP contribution in [0.4, 0.5) is 0 Å². The Balaban J connectivity index is 2.14. The molecule has 2 aromatic carbocycles. The van der Waals surface area contributed by atoms with E-state index in [1.54, 1.807) is 12.1 Å². The highest BCUT2D eigenvalue weighted by molar-refractivity contribution is 5.73. The van der Waals surface area contributed by atoms with Gasteiger partial charge in [0, 0.05) is 12.6 Å². The number of hydrogen-bond acceptors (Lipinski definition) is 4. The molecule has 23 heavy (non-hydrogen) atoms. The quantitative estimate of drug-likeness (QED) is 0.832. The van der Waals surface area contributed by atoms with Gasteiger partial charge in [0.1, 0.15) is 0 Å². The molecule has 2 rings (SSSR count). The number of methoxy groups -OCH3 is 1. The lowest BCUT2D eigenvalue weighted by Gasteiger charge is -2.24. The van der Waals surface area contributed by atoms with E-state index in [0.29, 0.717) is 12.1 Å². The van der Waals surface area contributed by atoms with Crippen LogP contribution >= 0.6 is 0 Å². The number of ether oxygens (including phenoxy) is 1. The Kier molecular flexibility index (Phi) is 5.90. The zero-order valence-electron chi connectivity index (χ0n) is 13.3. The average Bonchev–Trinajstić information content (AvgIpc) is 2.62. The van der Waals surface area contributed by atoms with Crippen molar-refractivity contribution in [3.63, 3.8) is 0 Å². The minimum absolute atomic E-state index is 0.140. The standard InChI is InChI=1S/C19H20N2O2/c1-14(19(22)23-2)18(17-6-4-3-5-7-17)21-13-16-10-8-15(12-20)9-11-16/h3-11,14,18,21H,13H2,1-2H3/t14-,18+/m0/s1. The van der Waals surface area contributed by atoms with Crippen LogP contribution in [0.3, 0.4) is 0 Å². The Labute approximate surface area is 136 Å². The second kappa shape index (κ2) is 8.11. The molecule has 0 aliphatic heterocycles. The Morgan fingerprint density at radius 3 is 2.39 bits per heavy atom. The molecule has 0 aliphatic carbocycles. The second-order valence-electron chi connectivity index (χ2n) is 5.39. The predicted molar refractivity (Wildman–Crippen MR) is 88.4 cm³/mol. The number of nitriles is 1. The maximum atomic E-state index is 11.9. The summed E-state index contributed by atoms with van der Waals surface area (Å²) in [4.78, 5) is 11.9. The molecule has 0 saturated heterocycles. The highest BCUT2D eigenvalue weighted by Crippen LogP contribution is 2.23. The topological polar surface area (TPSA) is 62.1 Å². The molecule has 1 N–H and O–H groups in total. The predicted octanol–water partition coefficient (Wildman–Crippen LogP) is 3.20. The second-order valence-corrected chi connectivity index (χ2v) is 5.39. The number of nitrogens with one attached hydrogen (secondary N) is 1. The highest BCUT2D eigenvalue weighted by Gasteiger charge is 2.25. The zero-order valence-corrected chi connectivity index (χ0v) is 13.3. The van der Waals surface area contributed by atoms with Crippen LogP contribution in [0, 0.1) is 17.2 Å². The van der Waals surface area contributed by atoms with Crippen molar-refractivity contribution in [2.45, 2.75) is 19.5 Å². The Bertz CT molecular complexity index is 675. The number of carbonyl (C=O) groups excluding carboxylic acids is 1. The molecular weight excluding hydrogens is 288 g/mol. The van der Waals surface area contributed by atoms with Gasteiger partial charge in [-0.05, 0) is 23.3 Å². The van der Waals surface area contributed by atoms with Crippen molar-refractivity contribution in [1.29, 1.82) is 5.26 Å². The number of benzene rings is 2. The van der Waals surface area contributed by atoms with Crippen molar-refractivity contribution in [1.82, 2.24) is 5.32 Å². The Hall–Kier alpha value is -2.64. The summed E-state index contributed by atoms with van der Waals surface area (Å²) in [7, 11) is 1.40. The summed E-state index contributed by atoms with van der Waals surface area (Å²) < 4.78 is 4.88. The maximum absolute atomic E-state index is 11.9. The number of hydrogen-bond donors (Lipinski definition) is 1. The first kappa shape index (κ1) is 16.7. The molecule has 4 heteroatoms. The molecule has 118 valence electrons. The molecule has 2 aromatic rings. The molecule has 0 unspecified atom stereocenters. The van der Waals surface area contributed by atoms with Gasteiger partial charge in [-0.15, -0.1) is 0 Å². The Morgan fingerprint density at radius 1 is 1.17 bits per heavy atom. The number of rotatable bonds is 6. The summed E-state index contributed by atoms with van der Waals surface area (Å²) in [6.45, 7) is 2.46. The van der Waals surface area contributed by atoms with Crippen LogP contribution in [-0.2, 0) is 16.1 Å². The molecule has 0 spiro atoms. The van der Waals surface area contributed by atoms with E-state index in [1.807, 2.05) is 49.4 Å². The average molecular weight is 308 g/mol. The fourth-order valence-corrected chi connectivity index (χ4v) is 2.49. The van der Waals surface area contributed by atoms with E-state index in [-0.39, 0.29) is 17.9 Å². The minimum Gasteiger partial charge on any atom is -0.469 e. The van der Waals surface area contributed by atoms with Gasteiger partial charge in [-0.1, -0.05) is 49.4 Å².